The first-order chi connectivity index (χ1) is 10.6. The van der Waals surface area contributed by atoms with Crippen LogP contribution in [0.4, 0.5) is 0 Å². The van der Waals surface area contributed by atoms with Crippen LogP contribution in [0.3, 0.4) is 0 Å². The van der Waals surface area contributed by atoms with E-state index in [-0.39, 0.29) is 23.7 Å². The lowest BCUT2D eigenvalue weighted by atomic mass is 9.92. The lowest BCUT2D eigenvalue weighted by molar-refractivity contribution is -0.142. The fourth-order valence-electron chi connectivity index (χ4n) is 3.40. The molecule has 0 aromatic rings. The van der Waals surface area contributed by atoms with Gasteiger partial charge in [0.1, 0.15) is 0 Å². The fourth-order valence-corrected chi connectivity index (χ4v) is 3.40. The Morgan fingerprint density at radius 3 is 2.41 bits per heavy atom. The zero-order valence-corrected chi connectivity index (χ0v) is 12.8. The van der Waals surface area contributed by atoms with Crippen molar-refractivity contribution in [2.75, 3.05) is 19.6 Å². The van der Waals surface area contributed by atoms with Gasteiger partial charge in [-0.25, -0.2) is 0 Å². The molecule has 6 heteroatoms. The van der Waals surface area contributed by atoms with Gasteiger partial charge in [0.2, 0.25) is 11.8 Å². The van der Waals surface area contributed by atoms with E-state index in [1.54, 1.807) is 4.90 Å². The first-order valence-electron chi connectivity index (χ1n) is 8.34. The monoisotopic (exact) mass is 308 g/mol. The molecule has 1 heterocycles. The van der Waals surface area contributed by atoms with Crippen LogP contribution in [0.1, 0.15) is 38.5 Å². The summed E-state index contributed by atoms with van der Waals surface area (Å²) in [6.07, 6.45) is 5.18. The van der Waals surface area contributed by atoms with Gasteiger partial charge < -0.3 is 15.3 Å². The topological polar surface area (TPSA) is 86.7 Å². The number of carboxylic acids is 1. The highest BCUT2D eigenvalue weighted by molar-refractivity contribution is 5.81. The van der Waals surface area contributed by atoms with Crippen molar-refractivity contribution in [1.29, 1.82) is 0 Å². The second-order valence-electron chi connectivity index (χ2n) is 6.91. The summed E-state index contributed by atoms with van der Waals surface area (Å²) in [4.78, 5) is 36.7. The van der Waals surface area contributed by atoms with E-state index in [0.717, 1.165) is 25.7 Å². The molecule has 0 radical (unpaired) electrons. The molecule has 22 heavy (non-hydrogen) atoms. The van der Waals surface area contributed by atoms with Crippen molar-refractivity contribution >= 4 is 17.8 Å². The minimum atomic E-state index is -0.774. The van der Waals surface area contributed by atoms with Crippen molar-refractivity contribution in [2.24, 2.45) is 23.7 Å². The Labute approximate surface area is 130 Å². The molecule has 0 bridgehead atoms. The van der Waals surface area contributed by atoms with Gasteiger partial charge >= 0.3 is 5.97 Å². The number of likely N-dealkylation sites (tertiary alicyclic amines) is 1. The molecule has 1 saturated heterocycles. The summed E-state index contributed by atoms with van der Waals surface area (Å²) < 4.78 is 0. The minimum absolute atomic E-state index is 0.0232. The maximum absolute atomic E-state index is 12.2. The van der Waals surface area contributed by atoms with Gasteiger partial charge in [-0.3, -0.25) is 14.4 Å². The molecule has 2 atom stereocenters. The molecule has 0 aromatic heterocycles. The smallest absolute Gasteiger partial charge is 0.308 e. The van der Waals surface area contributed by atoms with E-state index in [2.05, 4.69) is 5.32 Å². The lowest BCUT2D eigenvalue weighted by Crippen LogP contribution is -2.31. The average Bonchev–Trinajstić information content (AvgIpc) is 3.39. The van der Waals surface area contributed by atoms with E-state index < -0.39 is 11.9 Å². The summed E-state index contributed by atoms with van der Waals surface area (Å²) in [5, 5.41) is 12.2. The maximum atomic E-state index is 12.2. The molecule has 2 N–H and O–H groups in total. The average molecular weight is 308 g/mol. The van der Waals surface area contributed by atoms with Crippen molar-refractivity contribution in [2.45, 2.75) is 38.5 Å². The highest BCUT2D eigenvalue weighted by Crippen LogP contribution is 2.44. The van der Waals surface area contributed by atoms with Crippen LogP contribution in [0.5, 0.6) is 0 Å². The molecule has 0 spiro atoms. The number of carbonyl (C=O) groups excluding carboxylic acids is 2. The van der Waals surface area contributed by atoms with E-state index >= 15 is 0 Å². The van der Waals surface area contributed by atoms with E-state index in [4.69, 9.17) is 0 Å². The number of nitrogens with zero attached hydrogens (tertiary/aromatic N) is 1. The van der Waals surface area contributed by atoms with Gasteiger partial charge in [0.05, 0.1) is 5.92 Å². The molecule has 3 aliphatic rings. The molecule has 6 nitrogen and oxygen atoms in total. The molecule has 2 amide bonds. The first-order valence-corrected chi connectivity index (χ1v) is 8.34. The van der Waals surface area contributed by atoms with Gasteiger partial charge in [0, 0.05) is 32.0 Å². The molecule has 2 saturated carbocycles. The number of carbonyl (C=O) groups is 3. The Bertz CT molecular complexity index is 471. The van der Waals surface area contributed by atoms with Gasteiger partial charge in [0.25, 0.3) is 0 Å². The number of carboxylic acid groups (broad SMARTS) is 1. The number of hydrogen-bond donors (Lipinski definition) is 2. The highest BCUT2D eigenvalue weighted by atomic mass is 16.4. The Morgan fingerprint density at radius 1 is 1.09 bits per heavy atom. The number of rotatable bonds is 7. The summed E-state index contributed by atoms with van der Waals surface area (Å²) >= 11 is 0. The molecule has 122 valence electrons. The van der Waals surface area contributed by atoms with Crippen LogP contribution in [-0.4, -0.2) is 47.4 Å². The van der Waals surface area contributed by atoms with Crippen molar-refractivity contribution < 1.29 is 19.5 Å². The third-order valence-electron chi connectivity index (χ3n) is 5.08. The summed E-state index contributed by atoms with van der Waals surface area (Å²) in [5.74, 6) is -0.212. The van der Waals surface area contributed by atoms with E-state index in [0.29, 0.717) is 38.4 Å². The normalized spacial score (nSPS) is 27.7. The predicted molar refractivity (Wildman–Crippen MR) is 78.9 cm³/mol. The number of hydrogen-bond acceptors (Lipinski definition) is 3. The first kappa shape index (κ1) is 15.3. The van der Waals surface area contributed by atoms with Crippen LogP contribution in [-0.2, 0) is 14.4 Å². The van der Waals surface area contributed by atoms with Crippen LogP contribution in [0.2, 0.25) is 0 Å². The third kappa shape index (κ3) is 3.59. The van der Waals surface area contributed by atoms with Crippen molar-refractivity contribution in [1.82, 2.24) is 10.2 Å². The van der Waals surface area contributed by atoms with Crippen LogP contribution >= 0.6 is 0 Å². The second-order valence-corrected chi connectivity index (χ2v) is 6.91. The SMILES string of the molecule is O=C(NCCCC(=O)N1C[C@H](C(=O)O)[C@@H](C2CC2)C1)C1CC1. The van der Waals surface area contributed by atoms with Gasteiger partial charge in [-0.15, -0.1) is 0 Å². The van der Waals surface area contributed by atoms with Crippen LogP contribution in [0.25, 0.3) is 0 Å². The molecule has 3 rings (SSSR count). The fraction of sp³-hybridized carbons (Fsp3) is 0.812. The molecule has 3 fully saturated rings. The highest BCUT2D eigenvalue weighted by Gasteiger charge is 2.46. The lowest BCUT2D eigenvalue weighted by Gasteiger charge is -2.16. The zero-order chi connectivity index (χ0) is 15.7. The van der Waals surface area contributed by atoms with Crippen molar-refractivity contribution in [3.05, 3.63) is 0 Å². The summed E-state index contributed by atoms with van der Waals surface area (Å²) in [7, 11) is 0. The number of nitrogens with one attached hydrogen (secondary N) is 1. The minimum Gasteiger partial charge on any atom is -0.481 e. The van der Waals surface area contributed by atoms with Gasteiger partial charge in [-0.1, -0.05) is 0 Å². The molecular formula is C16H24N2O4. The van der Waals surface area contributed by atoms with Gasteiger partial charge in [0.15, 0.2) is 0 Å². The van der Waals surface area contributed by atoms with Crippen LogP contribution in [0, 0.1) is 23.7 Å². The largest absolute Gasteiger partial charge is 0.481 e. The van der Waals surface area contributed by atoms with Crippen LogP contribution in [0.15, 0.2) is 0 Å². The van der Waals surface area contributed by atoms with Gasteiger partial charge in [-0.2, -0.15) is 0 Å². The van der Waals surface area contributed by atoms with Crippen LogP contribution < -0.4 is 5.32 Å². The maximum Gasteiger partial charge on any atom is 0.308 e. The third-order valence-corrected chi connectivity index (χ3v) is 5.08. The molecule has 2 aliphatic carbocycles. The summed E-state index contributed by atoms with van der Waals surface area (Å²) in [6.45, 7) is 1.47. The summed E-state index contributed by atoms with van der Waals surface area (Å²) in [5.41, 5.74) is 0. The Kier molecular flexibility index (Phi) is 4.36. The van der Waals surface area contributed by atoms with Crippen molar-refractivity contribution in [3.8, 4) is 0 Å². The van der Waals surface area contributed by atoms with Crippen molar-refractivity contribution in [3.63, 3.8) is 0 Å². The molecule has 0 unspecified atom stereocenters. The molecule has 0 aromatic carbocycles. The zero-order valence-electron chi connectivity index (χ0n) is 12.8. The second kappa shape index (κ2) is 6.26. The van der Waals surface area contributed by atoms with Gasteiger partial charge in [-0.05, 0) is 43.9 Å². The predicted octanol–water partition coefficient (Wildman–Crippen LogP) is 0.862. The summed E-state index contributed by atoms with van der Waals surface area (Å²) in [6, 6.07) is 0. The quantitative estimate of drug-likeness (QED) is 0.683. The van der Waals surface area contributed by atoms with E-state index in [9.17, 15) is 19.5 Å². The number of amides is 2. The molecular weight excluding hydrogens is 284 g/mol. The Morgan fingerprint density at radius 2 is 1.82 bits per heavy atom. The standard InChI is InChI=1S/C16H24N2O4/c19-14(2-1-7-17-15(20)11-5-6-11)18-8-12(10-3-4-10)13(9-18)16(21)22/h10-13H,1-9H2,(H,17,20)(H,21,22)/t12-,13+/m1/s1. The Balaban J connectivity index is 1.40. The van der Waals surface area contributed by atoms with E-state index in [1.807, 2.05) is 0 Å². The molecule has 1 aliphatic heterocycles. The van der Waals surface area contributed by atoms with E-state index in [1.165, 1.54) is 0 Å². The number of aliphatic carboxylic acids is 1. The Hall–Kier alpha value is -1.59.